The van der Waals surface area contributed by atoms with E-state index < -0.39 is 0 Å². The van der Waals surface area contributed by atoms with Crippen LogP contribution in [0.15, 0.2) is 17.5 Å². The normalized spacial score (nSPS) is 20.1. The van der Waals surface area contributed by atoms with Gasteiger partial charge >= 0.3 is 0 Å². The van der Waals surface area contributed by atoms with Crippen molar-refractivity contribution >= 4 is 29.5 Å². The molecule has 2 aliphatic rings. The van der Waals surface area contributed by atoms with Gasteiger partial charge in [0.05, 0.1) is 18.1 Å². The SMILES string of the molecule is O=C(Cn1c(-c2cccs2)n[nH]c1=S)NCC1(N2CCOCC2)CCCCC1. The highest BCUT2D eigenvalue weighted by Gasteiger charge is 2.38. The zero-order chi connectivity index (χ0) is 19.4. The molecule has 0 unspecified atom stereocenters. The molecule has 0 bridgehead atoms. The number of carbonyl (C=O) groups is 1. The zero-order valence-corrected chi connectivity index (χ0v) is 17.6. The van der Waals surface area contributed by atoms with Crippen molar-refractivity contribution in [2.24, 2.45) is 0 Å². The fourth-order valence-corrected chi connectivity index (χ4v) is 5.29. The number of carbonyl (C=O) groups excluding carboxylic acids is 1. The monoisotopic (exact) mass is 421 g/mol. The van der Waals surface area contributed by atoms with Crippen molar-refractivity contribution in [3.8, 4) is 10.7 Å². The molecule has 7 nitrogen and oxygen atoms in total. The lowest BCUT2D eigenvalue weighted by atomic mass is 9.79. The number of amides is 1. The third-order valence-electron chi connectivity index (χ3n) is 5.88. The van der Waals surface area contributed by atoms with Gasteiger partial charge in [-0.15, -0.1) is 11.3 Å². The standard InChI is InChI=1S/C19H27N5O2S2/c25-16(13-24-17(21-22-18(24)27)15-5-4-12-28-15)20-14-19(6-2-1-3-7-19)23-8-10-26-11-9-23/h4-5,12H,1-3,6-11,13-14H2,(H,20,25)(H,22,27). The molecule has 152 valence electrons. The highest BCUT2D eigenvalue weighted by Crippen LogP contribution is 2.34. The molecule has 0 atom stereocenters. The van der Waals surface area contributed by atoms with Crippen molar-refractivity contribution < 1.29 is 9.53 Å². The van der Waals surface area contributed by atoms with Crippen LogP contribution in [0, 0.1) is 4.77 Å². The molecule has 1 saturated carbocycles. The molecule has 1 saturated heterocycles. The van der Waals surface area contributed by atoms with E-state index in [9.17, 15) is 4.79 Å². The Morgan fingerprint density at radius 3 is 2.82 bits per heavy atom. The van der Waals surface area contributed by atoms with Crippen LogP contribution in [0.1, 0.15) is 32.1 Å². The van der Waals surface area contributed by atoms with E-state index in [4.69, 9.17) is 17.0 Å². The van der Waals surface area contributed by atoms with Crippen LogP contribution >= 0.6 is 23.6 Å². The van der Waals surface area contributed by atoms with Crippen LogP contribution in [0.2, 0.25) is 0 Å². The fraction of sp³-hybridized carbons (Fsp3) is 0.632. The largest absolute Gasteiger partial charge is 0.379 e. The minimum Gasteiger partial charge on any atom is -0.379 e. The van der Waals surface area contributed by atoms with Crippen LogP contribution in [0.4, 0.5) is 0 Å². The molecule has 9 heteroatoms. The zero-order valence-electron chi connectivity index (χ0n) is 16.0. The molecular formula is C19H27N5O2S2. The maximum atomic E-state index is 12.8. The Morgan fingerprint density at radius 2 is 2.11 bits per heavy atom. The van der Waals surface area contributed by atoms with Gasteiger partial charge in [0, 0.05) is 25.2 Å². The summed E-state index contributed by atoms with van der Waals surface area (Å²) in [4.78, 5) is 16.3. The van der Waals surface area contributed by atoms with Gasteiger partial charge in [-0.25, -0.2) is 0 Å². The van der Waals surface area contributed by atoms with Gasteiger partial charge in [0.15, 0.2) is 10.6 Å². The van der Waals surface area contributed by atoms with Gasteiger partial charge in [-0.3, -0.25) is 19.4 Å². The first-order valence-corrected chi connectivity index (χ1v) is 11.3. The number of thiophene rings is 1. The summed E-state index contributed by atoms with van der Waals surface area (Å²) in [6, 6.07) is 3.96. The molecule has 0 spiro atoms. The van der Waals surface area contributed by atoms with Gasteiger partial charge in [-0.1, -0.05) is 25.3 Å². The molecule has 28 heavy (non-hydrogen) atoms. The van der Waals surface area contributed by atoms with Crippen LogP contribution < -0.4 is 5.32 Å². The lowest BCUT2D eigenvalue weighted by Crippen LogP contribution is -2.59. The predicted molar refractivity (Wildman–Crippen MR) is 112 cm³/mol. The summed E-state index contributed by atoms with van der Waals surface area (Å²) in [5, 5.41) is 12.3. The van der Waals surface area contributed by atoms with Crippen LogP contribution in [0.3, 0.4) is 0 Å². The number of nitrogens with one attached hydrogen (secondary N) is 2. The summed E-state index contributed by atoms with van der Waals surface area (Å²) < 4.78 is 7.79. The highest BCUT2D eigenvalue weighted by atomic mass is 32.1. The first kappa shape index (κ1) is 19.8. The highest BCUT2D eigenvalue weighted by molar-refractivity contribution is 7.71. The van der Waals surface area contributed by atoms with Crippen molar-refractivity contribution in [1.82, 2.24) is 25.0 Å². The average Bonchev–Trinajstić information content (AvgIpc) is 3.38. The maximum absolute atomic E-state index is 12.8. The summed E-state index contributed by atoms with van der Waals surface area (Å²) in [6.45, 7) is 4.33. The van der Waals surface area contributed by atoms with E-state index >= 15 is 0 Å². The summed E-state index contributed by atoms with van der Waals surface area (Å²) in [5.74, 6) is 0.698. The summed E-state index contributed by atoms with van der Waals surface area (Å²) >= 11 is 6.93. The molecule has 1 aliphatic carbocycles. The van der Waals surface area contributed by atoms with E-state index in [0.717, 1.165) is 49.8 Å². The van der Waals surface area contributed by atoms with Crippen LogP contribution in [-0.2, 0) is 16.1 Å². The van der Waals surface area contributed by atoms with Gasteiger partial charge in [0.1, 0.15) is 6.54 Å². The minimum atomic E-state index is -0.0199. The van der Waals surface area contributed by atoms with E-state index in [1.807, 2.05) is 17.5 Å². The molecule has 2 aromatic rings. The van der Waals surface area contributed by atoms with Crippen molar-refractivity contribution in [2.75, 3.05) is 32.8 Å². The second kappa shape index (κ2) is 8.86. The minimum absolute atomic E-state index is 0.0199. The number of aromatic amines is 1. The van der Waals surface area contributed by atoms with E-state index in [1.54, 1.807) is 15.9 Å². The third-order valence-corrected chi connectivity index (χ3v) is 7.06. The number of H-pyrrole nitrogens is 1. The lowest BCUT2D eigenvalue weighted by molar-refractivity contribution is -0.123. The topological polar surface area (TPSA) is 75.2 Å². The van der Waals surface area contributed by atoms with Gasteiger partial charge in [-0.05, 0) is 36.5 Å². The number of nitrogens with zero attached hydrogens (tertiary/aromatic N) is 3. The lowest BCUT2D eigenvalue weighted by Gasteiger charge is -2.48. The van der Waals surface area contributed by atoms with E-state index in [0.29, 0.717) is 11.3 Å². The van der Waals surface area contributed by atoms with Crippen molar-refractivity contribution in [1.29, 1.82) is 0 Å². The summed E-state index contributed by atoms with van der Waals surface area (Å²) in [7, 11) is 0. The van der Waals surface area contributed by atoms with E-state index in [1.165, 1.54) is 19.3 Å². The molecule has 3 heterocycles. The molecule has 2 fully saturated rings. The van der Waals surface area contributed by atoms with Gasteiger partial charge in [0.2, 0.25) is 5.91 Å². The Balaban J connectivity index is 1.43. The van der Waals surface area contributed by atoms with Gasteiger partial charge in [0.25, 0.3) is 0 Å². The molecule has 1 amide bonds. The molecule has 2 aromatic heterocycles. The van der Waals surface area contributed by atoms with Gasteiger partial charge < -0.3 is 10.1 Å². The molecule has 1 aliphatic heterocycles. The third kappa shape index (κ3) is 4.22. The second-order valence-electron chi connectivity index (χ2n) is 7.58. The molecule has 0 aromatic carbocycles. The number of aromatic nitrogens is 3. The van der Waals surface area contributed by atoms with E-state index in [2.05, 4.69) is 20.4 Å². The Morgan fingerprint density at radius 1 is 1.32 bits per heavy atom. The Hall–Kier alpha value is -1.55. The molecule has 2 N–H and O–H groups in total. The summed E-state index contributed by atoms with van der Waals surface area (Å²) in [6.07, 6.45) is 6.01. The Bertz CT molecular complexity index is 833. The Labute approximate surface area is 174 Å². The van der Waals surface area contributed by atoms with Gasteiger partial charge in [-0.2, -0.15) is 5.10 Å². The van der Waals surface area contributed by atoms with Crippen LogP contribution in [0.5, 0.6) is 0 Å². The first-order valence-electron chi connectivity index (χ1n) is 9.97. The molecule has 0 radical (unpaired) electrons. The summed E-state index contributed by atoms with van der Waals surface area (Å²) in [5.41, 5.74) is 0.0616. The first-order chi connectivity index (χ1) is 13.7. The quantitative estimate of drug-likeness (QED) is 0.702. The fourth-order valence-electron chi connectivity index (χ4n) is 4.37. The predicted octanol–water partition coefficient (Wildman–Crippen LogP) is 2.82. The second-order valence-corrected chi connectivity index (χ2v) is 8.91. The smallest absolute Gasteiger partial charge is 0.240 e. The Kier molecular flexibility index (Phi) is 6.25. The average molecular weight is 422 g/mol. The number of rotatable bonds is 6. The maximum Gasteiger partial charge on any atom is 0.240 e. The van der Waals surface area contributed by atoms with Crippen LogP contribution in [0.25, 0.3) is 10.7 Å². The van der Waals surface area contributed by atoms with Crippen LogP contribution in [-0.4, -0.2) is 64.0 Å². The van der Waals surface area contributed by atoms with Crippen molar-refractivity contribution in [3.05, 3.63) is 22.3 Å². The molecule has 4 rings (SSSR count). The number of hydrogen-bond acceptors (Lipinski definition) is 6. The number of hydrogen-bond donors (Lipinski definition) is 2. The van der Waals surface area contributed by atoms with Crippen molar-refractivity contribution in [2.45, 2.75) is 44.2 Å². The number of morpholine rings is 1. The molecular weight excluding hydrogens is 394 g/mol. The number of ether oxygens (including phenoxy) is 1. The van der Waals surface area contributed by atoms with E-state index in [-0.39, 0.29) is 18.0 Å². The van der Waals surface area contributed by atoms with Crippen molar-refractivity contribution in [3.63, 3.8) is 0 Å².